The summed E-state index contributed by atoms with van der Waals surface area (Å²) >= 11 is 5.40. The van der Waals surface area contributed by atoms with E-state index in [-0.39, 0.29) is 0 Å². The van der Waals surface area contributed by atoms with Crippen molar-refractivity contribution in [3.05, 3.63) is 71.5 Å². The minimum absolute atomic E-state index is 0.397. The van der Waals surface area contributed by atoms with Crippen LogP contribution in [0.4, 0.5) is 0 Å². The number of nitrogens with zero attached hydrogens (tertiary/aromatic N) is 5. The maximum atomic E-state index is 12.2. The second kappa shape index (κ2) is 10.2. The maximum Gasteiger partial charge on any atom is 0.320 e. The lowest BCUT2D eigenvalue weighted by Crippen LogP contribution is -2.40. The molecular weight excluding hydrogens is 428 g/mol. The number of imidazole rings is 2. The van der Waals surface area contributed by atoms with Gasteiger partial charge in [0, 0.05) is 37.6 Å². The van der Waals surface area contributed by atoms with Gasteiger partial charge in [-0.25, -0.2) is 9.97 Å². The average molecular weight is 453 g/mol. The minimum Gasteiger partial charge on any atom is -0.480 e. The molecule has 3 aromatic heterocycles. The van der Waals surface area contributed by atoms with Gasteiger partial charge in [0.25, 0.3) is 0 Å². The molecule has 4 aromatic rings. The van der Waals surface area contributed by atoms with Gasteiger partial charge in [-0.2, -0.15) is 5.10 Å². The van der Waals surface area contributed by atoms with Crippen LogP contribution in [0.2, 0.25) is 0 Å². The van der Waals surface area contributed by atoms with E-state index in [1.807, 2.05) is 39.8 Å². The SMILES string of the molecule is O=C(O)C(CCCn1c(-c2ccccc2)n[nH]c1=S)N(Cc1c[nH]cn1)Cc1c[nH]cn1. The normalized spacial score (nSPS) is 12.3. The number of carboxylic acid groups (broad SMARTS) is 1. The van der Waals surface area contributed by atoms with Crippen LogP contribution in [-0.2, 0) is 24.4 Å². The molecule has 166 valence electrons. The van der Waals surface area contributed by atoms with Crippen LogP contribution in [0.25, 0.3) is 11.4 Å². The lowest BCUT2D eigenvalue weighted by molar-refractivity contribution is -0.144. The van der Waals surface area contributed by atoms with E-state index in [1.54, 1.807) is 25.0 Å². The first kappa shape index (κ1) is 21.7. The monoisotopic (exact) mass is 452 g/mol. The molecule has 11 heteroatoms. The summed E-state index contributed by atoms with van der Waals surface area (Å²) in [6, 6.07) is 9.07. The van der Waals surface area contributed by atoms with Crippen LogP contribution in [0.1, 0.15) is 24.2 Å². The molecule has 1 unspecified atom stereocenters. The van der Waals surface area contributed by atoms with Gasteiger partial charge in [-0.1, -0.05) is 30.3 Å². The lowest BCUT2D eigenvalue weighted by atomic mass is 10.1. The number of hydrogen-bond acceptors (Lipinski definition) is 6. The third kappa shape index (κ3) is 5.18. The molecule has 0 aliphatic rings. The van der Waals surface area contributed by atoms with Crippen molar-refractivity contribution in [3.63, 3.8) is 0 Å². The molecule has 4 N–H and O–H groups in total. The topological polar surface area (TPSA) is 132 Å². The van der Waals surface area contributed by atoms with E-state index in [0.29, 0.717) is 37.2 Å². The molecule has 3 heterocycles. The van der Waals surface area contributed by atoms with Crippen molar-refractivity contribution in [2.45, 2.75) is 38.5 Å². The zero-order valence-electron chi connectivity index (χ0n) is 17.3. The Labute approximate surface area is 189 Å². The van der Waals surface area contributed by atoms with Crippen LogP contribution in [0.15, 0.2) is 55.4 Å². The quantitative estimate of drug-likeness (QED) is 0.257. The van der Waals surface area contributed by atoms with Crippen molar-refractivity contribution in [2.24, 2.45) is 0 Å². The van der Waals surface area contributed by atoms with Crippen molar-refractivity contribution < 1.29 is 9.90 Å². The first-order valence-corrected chi connectivity index (χ1v) is 10.7. The van der Waals surface area contributed by atoms with Crippen LogP contribution >= 0.6 is 12.2 Å². The summed E-state index contributed by atoms with van der Waals surface area (Å²) in [5, 5.41) is 17.2. The van der Waals surface area contributed by atoms with Crippen molar-refractivity contribution in [3.8, 4) is 11.4 Å². The number of aromatic amines is 3. The van der Waals surface area contributed by atoms with Gasteiger partial charge in [0.15, 0.2) is 10.6 Å². The first-order chi connectivity index (χ1) is 15.6. The zero-order chi connectivity index (χ0) is 22.3. The van der Waals surface area contributed by atoms with Gasteiger partial charge in [0.2, 0.25) is 0 Å². The molecular formula is C21H24N8O2S. The standard InChI is InChI=1S/C21H24N8O2S/c30-20(31)18(28(11-16-9-22-13-24-16)12-17-10-23-14-25-17)7-4-8-29-19(26-27-21(29)32)15-5-2-1-3-6-15/h1-3,5-6,9-10,13-14,18H,4,7-8,11-12H2,(H,22,24)(H,23,25)(H,27,32)(H,30,31). The number of carboxylic acids is 1. The second-order valence-electron chi connectivity index (χ2n) is 7.39. The fraction of sp³-hybridized carbons (Fsp3) is 0.286. The molecule has 10 nitrogen and oxygen atoms in total. The van der Waals surface area contributed by atoms with Crippen molar-refractivity contribution in [1.29, 1.82) is 0 Å². The number of aromatic nitrogens is 7. The molecule has 0 fully saturated rings. The highest BCUT2D eigenvalue weighted by Crippen LogP contribution is 2.19. The summed E-state index contributed by atoms with van der Waals surface area (Å²) in [4.78, 5) is 28.4. The van der Waals surface area contributed by atoms with Crippen LogP contribution < -0.4 is 0 Å². The number of hydrogen-bond donors (Lipinski definition) is 4. The number of benzene rings is 1. The van der Waals surface area contributed by atoms with Crippen LogP contribution in [0, 0.1) is 4.77 Å². The van der Waals surface area contributed by atoms with E-state index in [1.165, 1.54) is 0 Å². The highest BCUT2D eigenvalue weighted by atomic mass is 32.1. The maximum absolute atomic E-state index is 12.2. The van der Waals surface area contributed by atoms with Crippen molar-refractivity contribution in [1.82, 2.24) is 39.6 Å². The largest absolute Gasteiger partial charge is 0.480 e. The van der Waals surface area contributed by atoms with Gasteiger partial charge in [0.05, 0.1) is 24.0 Å². The smallest absolute Gasteiger partial charge is 0.320 e. The molecule has 32 heavy (non-hydrogen) atoms. The van der Waals surface area contributed by atoms with Gasteiger partial charge in [-0.15, -0.1) is 0 Å². The van der Waals surface area contributed by atoms with Gasteiger partial charge in [-0.3, -0.25) is 14.8 Å². The predicted molar refractivity (Wildman–Crippen MR) is 120 cm³/mol. The van der Waals surface area contributed by atoms with Gasteiger partial charge >= 0.3 is 5.97 Å². The molecule has 0 saturated carbocycles. The van der Waals surface area contributed by atoms with E-state index in [2.05, 4.69) is 30.1 Å². The highest BCUT2D eigenvalue weighted by molar-refractivity contribution is 7.71. The summed E-state index contributed by atoms with van der Waals surface area (Å²) in [7, 11) is 0. The number of rotatable bonds is 11. The third-order valence-corrected chi connectivity index (χ3v) is 5.53. The Bertz CT molecular complexity index is 1130. The predicted octanol–water partition coefficient (Wildman–Crippen LogP) is 2.99. The molecule has 0 aliphatic heterocycles. The van der Waals surface area contributed by atoms with E-state index < -0.39 is 12.0 Å². The number of H-pyrrole nitrogens is 3. The molecule has 0 bridgehead atoms. The number of carbonyl (C=O) groups is 1. The Morgan fingerprint density at radius 3 is 2.31 bits per heavy atom. The Kier molecular flexibility index (Phi) is 6.87. The van der Waals surface area contributed by atoms with Crippen molar-refractivity contribution >= 4 is 18.2 Å². The Balaban J connectivity index is 1.48. The average Bonchev–Trinajstić information content (AvgIpc) is 3.55. The molecule has 0 amide bonds. The van der Waals surface area contributed by atoms with Crippen LogP contribution in [0.5, 0.6) is 0 Å². The molecule has 1 aromatic carbocycles. The summed E-state index contributed by atoms with van der Waals surface area (Å²) < 4.78 is 2.43. The summed E-state index contributed by atoms with van der Waals surface area (Å²) in [5.41, 5.74) is 2.50. The van der Waals surface area contributed by atoms with E-state index in [9.17, 15) is 9.90 Å². The summed E-state index contributed by atoms with van der Waals surface area (Å²) in [6.45, 7) is 1.35. The zero-order valence-corrected chi connectivity index (χ0v) is 18.1. The van der Waals surface area contributed by atoms with E-state index in [4.69, 9.17) is 12.2 Å². The Morgan fingerprint density at radius 2 is 1.75 bits per heavy atom. The Hall–Kier alpha value is -3.57. The third-order valence-electron chi connectivity index (χ3n) is 5.22. The van der Waals surface area contributed by atoms with Gasteiger partial charge < -0.3 is 19.6 Å². The molecule has 0 aliphatic carbocycles. The highest BCUT2D eigenvalue weighted by Gasteiger charge is 2.27. The minimum atomic E-state index is -0.879. The second-order valence-corrected chi connectivity index (χ2v) is 7.78. The number of nitrogens with one attached hydrogen (secondary N) is 3. The molecule has 0 saturated heterocycles. The Morgan fingerprint density at radius 1 is 1.09 bits per heavy atom. The molecule has 1 atom stereocenters. The van der Waals surface area contributed by atoms with E-state index >= 15 is 0 Å². The van der Waals surface area contributed by atoms with Gasteiger partial charge in [-0.05, 0) is 25.1 Å². The molecule has 4 rings (SSSR count). The fourth-order valence-corrected chi connectivity index (χ4v) is 3.91. The van der Waals surface area contributed by atoms with Gasteiger partial charge in [0.1, 0.15) is 6.04 Å². The summed E-state index contributed by atoms with van der Waals surface area (Å²) in [6.07, 6.45) is 7.77. The fourth-order valence-electron chi connectivity index (χ4n) is 3.68. The lowest BCUT2D eigenvalue weighted by Gasteiger charge is -2.27. The summed E-state index contributed by atoms with van der Waals surface area (Å²) in [5.74, 6) is -0.137. The molecule has 0 spiro atoms. The number of aliphatic carboxylic acids is 1. The van der Waals surface area contributed by atoms with Crippen LogP contribution in [0.3, 0.4) is 0 Å². The van der Waals surface area contributed by atoms with Crippen LogP contribution in [-0.4, -0.2) is 56.7 Å². The van der Waals surface area contributed by atoms with E-state index in [0.717, 1.165) is 22.8 Å². The first-order valence-electron chi connectivity index (χ1n) is 10.2. The van der Waals surface area contributed by atoms with Crippen molar-refractivity contribution in [2.75, 3.05) is 0 Å². The molecule has 0 radical (unpaired) electrons.